The third-order valence-electron chi connectivity index (χ3n) is 3.40. The lowest BCUT2D eigenvalue weighted by molar-refractivity contribution is -0.151. The highest BCUT2D eigenvalue weighted by Gasteiger charge is 2.42. The van der Waals surface area contributed by atoms with E-state index < -0.39 is 0 Å². The minimum Gasteiger partial charge on any atom is -0.335 e. The van der Waals surface area contributed by atoms with Crippen LogP contribution in [0.4, 0.5) is 0 Å². The van der Waals surface area contributed by atoms with Crippen molar-refractivity contribution >= 4 is 5.91 Å². The molecule has 100 valence electrons. The second kappa shape index (κ2) is 5.36. The zero-order valence-electron chi connectivity index (χ0n) is 12.1. The van der Waals surface area contributed by atoms with Crippen LogP contribution in [0.25, 0.3) is 0 Å². The van der Waals surface area contributed by atoms with E-state index in [0.717, 1.165) is 19.6 Å². The van der Waals surface area contributed by atoms with Gasteiger partial charge in [0, 0.05) is 25.2 Å². The molecule has 1 saturated heterocycles. The normalized spacial score (nSPS) is 25.7. The zero-order chi connectivity index (χ0) is 13.2. The predicted molar refractivity (Wildman–Crippen MR) is 71.0 cm³/mol. The van der Waals surface area contributed by atoms with Crippen molar-refractivity contribution in [3.63, 3.8) is 0 Å². The smallest absolute Gasteiger partial charge is 0.241 e. The molecule has 1 aliphatic rings. The van der Waals surface area contributed by atoms with Gasteiger partial charge in [0.05, 0.1) is 0 Å². The van der Waals surface area contributed by atoms with Gasteiger partial charge in [0.1, 0.15) is 6.04 Å². The molecule has 0 aromatic heterocycles. The van der Waals surface area contributed by atoms with Crippen molar-refractivity contribution in [2.24, 2.45) is 5.92 Å². The van der Waals surface area contributed by atoms with E-state index in [1.54, 1.807) is 0 Å². The molecule has 0 bridgehead atoms. The maximum atomic E-state index is 12.5. The molecule has 1 rings (SSSR count). The van der Waals surface area contributed by atoms with Gasteiger partial charge in [-0.1, -0.05) is 13.8 Å². The molecule has 0 aliphatic carbocycles. The second-order valence-electron chi connectivity index (χ2n) is 6.14. The van der Waals surface area contributed by atoms with Crippen LogP contribution in [0.5, 0.6) is 0 Å². The van der Waals surface area contributed by atoms with Gasteiger partial charge in [-0.2, -0.15) is 0 Å². The van der Waals surface area contributed by atoms with E-state index in [9.17, 15) is 4.79 Å². The summed E-state index contributed by atoms with van der Waals surface area (Å²) in [7, 11) is 3.93. The molecule has 1 N–H and O–H groups in total. The number of hydrogen-bond donors (Lipinski definition) is 1. The quantitative estimate of drug-likeness (QED) is 0.790. The van der Waals surface area contributed by atoms with Crippen molar-refractivity contribution in [1.82, 2.24) is 15.1 Å². The Hall–Kier alpha value is -0.610. The maximum absolute atomic E-state index is 12.5. The van der Waals surface area contributed by atoms with E-state index in [1.165, 1.54) is 0 Å². The zero-order valence-corrected chi connectivity index (χ0v) is 12.1. The third kappa shape index (κ3) is 3.19. The molecule has 17 heavy (non-hydrogen) atoms. The number of piperazine rings is 1. The highest BCUT2D eigenvalue weighted by molar-refractivity contribution is 5.83. The number of nitrogens with one attached hydrogen (secondary N) is 1. The van der Waals surface area contributed by atoms with Gasteiger partial charge in [0.2, 0.25) is 5.91 Å². The average Bonchev–Trinajstić information content (AvgIpc) is 2.18. The lowest BCUT2D eigenvalue weighted by Crippen LogP contribution is -2.67. The average molecular weight is 241 g/mol. The van der Waals surface area contributed by atoms with Gasteiger partial charge in [-0.3, -0.25) is 9.69 Å². The summed E-state index contributed by atoms with van der Waals surface area (Å²) in [4.78, 5) is 16.7. The van der Waals surface area contributed by atoms with Crippen molar-refractivity contribution < 1.29 is 4.79 Å². The van der Waals surface area contributed by atoms with E-state index >= 15 is 0 Å². The van der Waals surface area contributed by atoms with Crippen LogP contribution in [-0.4, -0.2) is 61.0 Å². The lowest BCUT2D eigenvalue weighted by atomic mass is 9.94. The summed E-state index contributed by atoms with van der Waals surface area (Å²) in [5.74, 6) is 0.767. The Kier molecular flexibility index (Phi) is 4.55. The molecule has 0 spiro atoms. The summed E-state index contributed by atoms with van der Waals surface area (Å²) >= 11 is 0. The van der Waals surface area contributed by atoms with E-state index in [2.05, 4.69) is 42.8 Å². The largest absolute Gasteiger partial charge is 0.335 e. The number of nitrogens with zero attached hydrogens (tertiary/aromatic N) is 2. The van der Waals surface area contributed by atoms with Crippen LogP contribution in [0.2, 0.25) is 0 Å². The third-order valence-corrected chi connectivity index (χ3v) is 3.40. The molecular weight excluding hydrogens is 214 g/mol. The van der Waals surface area contributed by atoms with Crippen LogP contribution in [0, 0.1) is 5.92 Å². The summed E-state index contributed by atoms with van der Waals surface area (Å²) in [5, 5.41) is 3.11. The van der Waals surface area contributed by atoms with Gasteiger partial charge >= 0.3 is 0 Å². The molecule has 0 aromatic rings. The molecule has 4 heteroatoms. The van der Waals surface area contributed by atoms with Crippen LogP contribution >= 0.6 is 0 Å². The summed E-state index contributed by atoms with van der Waals surface area (Å²) in [5.41, 5.74) is -0.0691. The number of hydrogen-bond acceptors (Lipinski definition) is 3. The fourth-order valence-electron chi connectivity index (χ4n) is 2.61. The van der Waals surface area contributed by atoms with Gasteiger partial charge in [-0.15, -0.1) is 0 Å². The Balaban J connectivity index is 2.88. The molecule has 0 saturated carbocycles. The standard InChI is InChI=1S/C13H27N3O/c1-10(2)8-16-12(17)11(7-14-5)15(6)9-13(16,3)4/h10-11,14H,7-9H2,1-6H3. The van der Waals surface area contributed by atoms with Crippen molar-refractivity contribution in [1.29, 1.82) is 0 Å². The Bertz CT molecular complexity index is 276. The van der Waals surface area contributed by atoms with Crippen LogP contribution in [0.3, 0.4) is 0 Å². The molecule has 1 aliphatic heterocycles. The first-order valence-corrected chi connectivity index (χ1v) is 6.46. The van der Waals surface area contributed by atoms with E-state index in [-0.39, 0.29) is 17.5 Å². The van der Waals surface area contributed by atoms with Crippen molar-refractivity contribution in [2.75, 3.05) is 33.7 Å². The topological polar surface area (TPSA) is 35.6 Å². The van der Waals surface area contributed by atoms with Crippen LogP contribution in [-0.2, 0) is 4.79 Å². The van der Waals surface area contributed by atoms with E-state index in [4.69, 9.17) is 0 Å². The molecule has 1 atom stereocenters. The van der Waals surface area contributed by atoms with Crippen molar-refractivity contribution in [2.45, 2.75) is 39.3 Å². The molecule has 1 fully saturated rings. The summed E-state index contributed by atoms with van der Waals surface area (Å²) in [6, 6.07) is -0.0215. The highest BCUT2D eigenvalue weighted by Crippen LogP contribution is 2.25. The van der Waals surface area contributed by atoms with Crippen molar-refractivity contribution in [3.05, 3.63) is 0 Å². The van der Waals surface area contributed by atoms with Gasteiger partial charge in [-0.05, 0) is 33.9 Å². The molecule has 1 unspecified atom stereocenters. The highest BCUT2D eigenvalue weighted by atomic mass is 16.2. The van der Waals surface area contributed by atoms with E-state index in [0.29, 0.717) is 5.92 Å². The molecule has 1 amide bonds. The molecule has 0 aromatic carbocycles. The number of carbonyl (C=O) groups is 1. The molecule has 1 heterocycles. The fourth-order valence-corrected chi connectivity index (χ4v) is 2.61. The van der Waals surface area contributed by atoms with Gasteiger partial charge in [0.25, 0.3) is 0 Å². The summed E-state index contributed by atoms with van der Waals surface area (Å²) in [6.07, 6.45) is 0. The SMILES string of the molecule is CNCC1C(=O)N(CC(C)C)C(C)(C)CN1C. The summed E-state index contributed by atoms with van der Waals surface area (Å²) in [6.45, 7) is 11.1. The molecular formula is C13H27N3O. The van der Waals surface area contributed by atoms with Gasteiger partial charge in [-0.25, -0.2) is 0 Å². The van der Waals surface area contributed by atoms with E-state index in [1.807, 2.05) is 14.1 Å². The minimum absolute atomic E-state index is 0.0215. The first-order valence-electron chi connectivity index (χ1n) is 6.46. The maximum Gasteiger partial charge on any atom is 0.241 e. The minimum atomic E-state index is -0.0691. The number of carbonyl (C=O) groups excluding carboxylic acids is 1. The van der Waals surface area contributed by atoms with Gasteiger partial charge < -0.3 is 10.2 Å². The first kappa shape index (κ1) is 14.5. The number of amides is 1. The molecule has 4 nitrogen and oxygen atoms in total. The first-order chi connectivity index (χ1) is 7.79. The van der Waals surface area contributed by atoms with Gasteiger partial charge in [0.15, 0.2) is 0 Å². The Labute approximate surface area is 105 Å². The number of rotatable bonds is 4. The summed E-state index contributed by atoms with van der Waals surface area (Å²) < 4.78 is 0. The second-order valence-corrected chi connectivity index (χ2v) is 6.14. The monoisotopic (exact) mass is 241 g/mol. The lowest BCUT2D eigenvalue weighted by Gasteiger charge is -2.50. The Morgan fingerprint density at radius 2 is 2.06 bits per heavy atom. The fraction of sp³-hybridized carbons (Fsp3) is 0.923. The van der Waals surface area contributed by atoms with Crippen LogP contribution in [0.1, 0.15) is 27.7 Å². The Morgan fingerprint density at radius 3 is 2.53 bits per heavy atom. The van der Waals surface area contributed by atoms with Crippen LogP contribution < -0.4 is 5.32 Å². The molecule has 0 radical (unpaired) electrons. The van der Waals surface area contributed by atoms with Crippen molar-refractivity contribution in [3.8, 4) is 0 Å². The predicted octanol–water partition coefficient (Wildman–Crippen LogP) is 0.783. The number of likely N-dealkylation sites (N-methyl/N-ethyl adjacent to an activating group) is 2. The van der Waals surface area contributed by atoms with Crippen LogP contribution in [0.15, 0.2) is 0 Å². The Morgan fingerprint density at radius 1 is 1.47 bits per heavy atom.